The molecule has 0 spiro atoms. The molecule has 84 valence electrons. The Morgan fingerprint density at radius 3 is 2.67 bits per heavy atom. The minimum Gasteiger partial charge on any atom is -0.328 e. The van der Waals surface area contributed by atoms with Crippen molar-refractivity contribution in [3.05, 3.63) is 21.9 Å². The van der Waals surface area contributed by atoms with E-state index in [9.17, 15) is 0 Å². The van der Waals surface area contributed by atoms with Crippen molar-refractivity contribution in [2.24, 2.45) is 5.73 Å². The summed E-state index contributed by atoms with van der Waals surface area (Å²) in [5.41, 5.74) is 8.76. The summed E-state index contributed by atoms with van der Waals surface area (Å²) in [5, 5.41) is 8.10. The molecule has 1 aromatic rings. The van der Waals surface area contributed by atoms with Gasteiger partial charge >= 0.3 is 0 Å². The number of nitrogens with one attached hydrogen (secondary N) is 1. The third-order valence-corrected chi connectivity index (χ3v) is 4.22. The lowest BCUT2D eigenvalue weighted by Gasteiger charge is -2.26. The van der Waals surface area contributed by atoms with Gasteiger partial charge in [0.15, 0.2) is 0 Å². The Balaban J connectivity index is 1.77. The summed E-state index contributed by atoms with van der Waals surface area (Å²) in [6.07, 6.45) is 4.84. The third-order valence-electron chi connectivity index (χ3n) is 3.31. The van der Waals surface area contributed by atoms with Crippen molar-refractivity contribution >= 4 is 11.3 Å². The first kappa shape index (κ1) is 11.1. The molecule has 3 N–H and O–H groups in total. The fraction of sp³-hybridized carbons (Fsp3) is 0.667. The minimum atomic E-state index is 0.450. The summed E-state index contributed by atoms with van der Waals surface area (Å²) in [5.74, 6) is 0. The summed E-state index contributed by atoms with van der Waals surface area (Å²) < 4.78 is 0. The topological polar surface area (TPSA) is 38.0 Å². The highest BCUT2D eigenvalue weighted by Crippen LogP contribution is 2.18. The molecule has 1 aromatic heterocycles. The average molecular weight is 224 g/mol. The SMILES string of the molecule is Cc1cscc1CNC1CCC(N)CC1. The van der Waals surface area contributed by atoms with Crippen LogP contribution >= 0.6 is 11.3 Å². The summed E-state index contributed by atoms with van der Waals surface area (Å²) in [6, 6.07) is 1.13. The van der Waals surface area contributed by atoms with E-state index in [1.54, 1.807) is 11.3 Å². The normalized spacial score (nSPS) is 26.8. The van der Waals surface area contributed by atoms with Gasteiger partial charge in [-0.25, -0.2) is 0 Å². The van der Waals surface area contributed by atoms with Crippen LogP contribution in [-0.2, 0) is 6.54 Å². The van der Waals surface area contributed by atoms with Crippen LogP contribution in [0, 0.1) is 6.92 Å². The fourth-order valence-electron chi connectivity index (χ4n) is 2.15. The summed E-state index contributed by atoms with van der Waals surface area (Å²) in [4.78, 5) is 0. The maximum Gasteiger partial charge on any atom is 0.0218 e. The van der Waals surface area contributed by atoms with Crippen molar-refractivity contribution in [1.29, 1.82) is 0 Å². The molecule has 0 atom stereocenters. The molecule has 0 bridgehead atoms. The van der Waals surface area contributed by atoms with E-state index in [4.69, 9.17) is 5.73 Å². The van der Waals surface area contributed by atoms with E-state index in [0.717, 1.165) is 6.54 Å². The molecule has 2 rings (SSSR count). The van der Waals surface area contributed by atoms with Gasteiger partial charge in [-0.05, 0) is 54.5 Å². The first-order valence-corrected chi connectivity index (χ1v) is 6.70. The van der Waals surface area contributed by atoms with Crippen molar-refractivity contribution in [2.45, 2.75) is 51.2 Å². The highest BCUT2D eigenvalue weighted by molar-refractivity contribution is 7.08. The van der Waals surface area contributed by atoms with Crippen molar-refractivity contribution < 1.29 is 0 Å². The Kier molecular flexibility index (Phi) is 3.78. The van der Waals surface area contributed by atoms with Crippen LogP contribution in [0.2, 0.25) is 0 Å². The second kappa shape index (κ2) is 5.10. The van der Waals surface area contributed by atoms with Gasteiger partial charge in [0.25, 0.3) is 0 Å². The lowest BCUT2D eigenvalue weighted by molar-refractivity contribution is 0.342. The van der Waals surface area contributed by atoms with Gasteiger partial charge in [0.05, 0.1) is 0 Å². The van der Waals surface area contributed by atoms with Gasteiger partial charge in [0, 0.05) is 18.6 Å². The molecular weight excluding hydrogens is 204 g/mol. The lowest BCUT2D eigenvalue weighted by atomic mass is 9.92. The van der Waals surface area contributed by atoms with Crippen molar-refractivity contribution in [3.63, 3.8) is 0 Å². The van der Waals surface area contributed by atoms with Gasteiger partial charge in [-0.1, -0.05) is 0 Å². The first-order valence-electron chi connectivity index (χ1n) is 5.76. The number of hydrogen-bond acceptors (Lipinski definition) is 3. The Morgan fingerprint density at radius 1 is 1.33 bits per heavy atom. The third kappa shape index (κ3) is 3.03. The van der Waals surface area contributed by atoms with Gasteiger partial charge < -0.3 is 11.1 Å². The van der Waals surface area contributed by atoms with Gasteiger partial charge in [0.2, 0.25) is 0 Å². The second-order valence-corrected chi connectivity index (χ2v) is 5.32. The molecule has 0 aliphatic heterocycles. The van der Waals surface area contributed by atoms with Gasteiger partial charge in [0.1, 0.15) is 0 Å². The molecule has 3 heteroatoms. The summed E-state index contributed by atoms with van der Waals surface area (Å²) >= 11 is 1.79. The monoisotopic (exact) mass is 224 g/mol. The molecular formula is C12H20N2S. The van der Waals surface area contributed by atoms with Gasteiger partial charge in [-0.3, -0.25) is 0 Å². The molecule has 0 aromatic carbocycles. The molecule has 1 heterocycles. The van der Waals surface area contributed by atoms with E-state index < -0.39 is 0 Å². The number of nitrogens with two attached hydrogens (primary N) is 1. The standard InChI is InChI=1S/C12H20N2S/c1-9-7-15-8-10(9)6-14-12-4-2-11(13)3-5-12/h7-8,11-12,14H,2-6,13H2,1H3. The van der Waals surface area contributed by atoms with E-state index in [2.05, 4.69) is 23.0 Å². The molecule has 1 aliphatic rings. The predicted molar refractivity (Wildman–Crippen MR) is 66.1 cm³/mol. The molecule has 1 fully saturated rings. The van der Waals surface area contributed by atoms with E-state index in [1.807, 2.05) is 0 Å². The van der Waals surface area contributed by atoms with Crippen molar-refractivity contribution in [3.8, 4) is 0 Å². The summed E-state index contributed by atoms with van der Waals surface area (Å²) in [7, 11) is 0. The number of aryl methyl sites for hydroxylation is 1. The zero-order valence-corrected chi connectivity index (χ0v) is 10.1. The largest absolute Gasteiger partial charge is 0.328 e. The van der Waals surface area contributed by atoms with Gasteiger partial charge in [-0.15, -0.1) is 0 Å². The van der Waals surface area contributed by atoms with E-state index >= 15 is 0 Å². The minimum absolute atomic E-state index is 0.450. The molecule has 0 saturated heterocycles. The molecule has 2 nitrogen and oxygen atoms in total. The number of hydrogen-bond donors (Lipinski definition) is 2. The maximum absolute atomic E-state index is 5.89. The maximum atomic E-state index is 5.89. The van der Waals surface area contributed by atoms with Crippen LogP contribution in [-0.4, -0.2) is 12.1 Å². The van der Waals surface area contributed by atoms with Crippen molar-refractivity contribution in [1.82, 2.24) is 5.32 Å². The van der Waals surface area contributed by atoms with Crippen LogP contribution in [0.4, 0.5) is 0 Å². The average Bonchev–Trinajstić information content (AvgIpc) is 2.63. The smallest absolute Gasteiger partial charge is 0.0218 e. The fourth-order valence-corrected chi connectivity index (χ4v) is 3.00. The van der Waals surface area contributed by atoms with Crippen LogP contribution in [0.1, 0.15) is 36.8 Å². The Morgan fingerprint density at radius 2 is 2.07 bits per heavy atom. The molecule has 1 aliphatic carbocycles. The first-order chi connectivity index (χ1) is 7.25. The Labute approximate surface area is 95.9 Å². The second-order valence-electron chi connectivity index (χ2n) is 4.57. The van der Waals surface area contributed by atoms with E-state index in [1.165, 1.54) is 36.8 Å². The van der Waals surface area contributed by atoms with Gasteiger partial charge in [-0.2, -0.15) is 11.3 Å². The molecule has 15 heavy (non-hydrogen) atoms. The lowest BCUT2D eigenvalue weighted by Crippen LogP contribution is -2.37. The zero-order chi connectivity index (χ0) is 10.7. The van der Waals surface area contributed by atoms with Crippen LogP contribution in [0.15, 0.2) is 10.8 Å². The quantitative estimate of drug-likeness (QED) is 0.827. The Hall–Kier alpha value is -0.380. The van der Waals surface area contributed by atoms with Crippen LogP contribution in [0.25, 0.3) is 0 Å². The Bertz CT molecular complexity index is 300. The number of thiophene rings is 1. The molecule has 0 amide bonds. The van der Waals surface area contributed by atoms with Crippen LogP contribution < -0.4 is 11.1 Å². The highest BCUT2D eigenvalue weighted by Gasteiger charge is 2.17. The zero-order valence-electron chi connectivity index (χ0n) is 9.33. The number of rotatable bonds is 3. The van der Waals surface area contributed by atoms with Crippen LogP contribution in [0.3, 0.4) is 0 Å². The summed E-state index contributed by atoms with van der Waals surface area (Å²) in [6.45, 7) is 3.21. The predicted octanol–water partition coefficient (Wildman–Crippen LogP) is 2.42. The van der Waals surface area contributed by atoms with Crippen LogP contribution in [0.5, 0.6) is 0 Å². The molecule has 1 saturated carbocycles. The molecule has 0 unspecified atom stereocenters. The molecule has 0 radical (unpaired) electrons. The van der Waals surface area contributed by atoms with E-state index in [-0.39, 0.29) is 0 Å². The van der Waals surface area contributed by atoms with E-state index in [0.29, 0.717) is 12.1 Å². The van der Waals surface area contributed by atoms with Crippen molar-refractivity contribution in [2.75, 3.05) is 0 Å². The highest BCUT2D eigenvalue weighted by atomic mass is 32.1.